The van der Waals surface area contributed by atoms with Gasteiger partial charge in [0, 0.05) is 23.1 Å². The molecule has 2 aromatic carbocycles. The zero-order valence-electron chi connectivity index (χ0n) is 20.8. The van der Waals surface area contributed by atoms with E-state index in [1.807, 2.05) is 36.4 Å². The molecule has 1 fully saturated rings. The van der Waals surface area contributed by atoms with Crippen LogP contribution in [0.4, 0.5) is 0 Å². The molecule has 0 radical (unpaired) electrons. The summed E-state index contributed by atoms with van der Waals surface area (Å²) in [6.07, 6.45) is 2.39. The SMILES string of the molecule is Cc1cc(OC2CCNCC2)cc(C)c1-c1cccc(OCc2ccc3c(c2)OCC3CC(=O)O)n1. The maximum absolute atomic E-state index is 11.1. The van der Waals surface area contributed by atoms with E-state index in [0.29, 0.717) is 19.1 Å². The van der Waals surface area contributed by atoms with E-state index in [1.54, 1.807) is 0 Å². The Hall–Kier alpha value is -3.58. The average molecular weight is 489 g/mol. The van der Waals surface area contributed by atoms with Crippen LogP contribution in [0.1, 0.15) is 47.4 Å². The van der Waals surface area contributed by atoms with Crippen molar-refractivity contribution in [3.05, 3.63) is 70.8 Å². The zero-order valence-corrected chi connectivity index (χ0v) is 20.8. The molecule has 2 N–H and O–H groups in total. The van der Waals surface area contributed by atoms with E-state index in [0.717, 1.165) is 70.9 Å². The average Bonchev–Trinajstić information content (AvgIpc) is 3.24. The number of hydrogen-bond donors (Lipinski definition) is 2. The summed E-state index contributed by atoms with van der Waals surface area (Å²) in [5, 5.41) is 12.5. The van der Waals surface area contributed by atoms with Crippen molar-refractivity contribution in [2.75, 3.05) is 19.7 Å². The van der Waals surface area contributed by atoms with E-state index in [4.69, 9.17) is 24.3 Å². The normalized spacial score (nSPS) is 17.3. The van der Waals surface area contributed by atoms with Crippen LogP contribution in [0.15, 0.2) is 48.5 Å². The summed E-state index contributed by atoms with van der Waals surface area (Å²) < 4.78 is 18.0. The van der Waals surface area contributed by atoms with E-state index in [2.05, 4.69) is 31.3 Å². The number of nitrogens with zero attached hydrogens (tertiary/aromatic N) is 1. The molecule has 7 heteroatoms. The molecule has 3 aromatic rings. The highest BCUT2D eigenvalue weighted by molar-refractivity contribution is 5.69. The molecule has 36 heavy (non-hydrogen) atoms. The largest absolute Gasteiger partial charge is 0.493 e. The number of hydrogen-bond acceptors (Lipinski definition) is 6. The number of pyridine rings is 1. The summed E-state index contributed by atoms with van der Waals surface area (Å²) in [6, 6.07) is 15.8. The topological polar surface area (TPSA) is 89.9 Å². The third kappa shape index (κ3) is 5.46. The lowest BCUT2D eigenvalue weighted by molar-refractivity contribution is -0.137. The number of ether oxygens (including phenoxy) is 3. The molecule has 5 rings (SSSR count). The summed E-state index contributed by atoms with van der Waals surface area (Å²) in [5.74, 6) is 1.28. The lowest BCUT2D eigenvalue weighted by Crippen LogP contribution is -2.34. The van der Waals surface area contributed by atoms with Crippen LogP contribution in [0, 0.1) is 13.8 Å². The van der Waals surface area contributed by atoms with E-state index < -0.39 is 5.97 Å². The quantitative estimate of drug-likeness (QED) is 0.460. The summed E-state index contributed by atoms with van der Waals surface area (Å²) in [6.45, 7) is 6.93. The predicted molar refractivity (Wildman–Crippen MR) is 137 cm³/mol. The molecule has 1 unspecified atom stereocenters. The monoisotopic (exact) mass is 488 g/mol. The lowest BCUT2D eigenvalue weighted by Gasteiger charge is -2.24. The van der Waals surface area contributed by atoms with Crippen molar-refractivity contribution in [1.29, 1.82) is 0 Å². The highest BCUT2D eigenvalue weighted by Crippen LogP contribution is 2.37. The van der Waals surface area contributed by atoms with Crippen molar-refractivity contribution in [2.45, 2.75) is 51.7 Å². The first-order valence-electron chi connectivity index (χ1n) is 12.5. The van der Waals surface area contributed by atoms with Crippen molar-refractivity contribution in [1.82, 2.24) is 10.3 Å². The van der Waals surface area contributed by atoms with Crippen LogP contribution in [0.3, 0.4) is 0 Å². The van der Waals surface area contributed by atoms with Crippen LogP contribution in [0.2, 0.25) is 0 Å². The van der Waals surface area contributed by atoms with Crippen LogP contribution in [0.25, 0.3) is 11.3 Å². The fraction of sp³-hybridized carbons (Fsp3) is 0.379. The summed E-state index contributed by atoms with van der Waals surface area (Å²) in [4.78, 5) is 15.8. The predicted octanol–water partition coefficient (Wildman–Crippen LogP) is 5.03. The molecule has 1 atom stereocenters. The molecule has 1 aromatic heterocycles. The van der Waals surface area contributed by atoms with Crippen molar-refractivity contribution in [3.63, 3.8) is 0 Å². The van der Waals surface area contributed by atoms with Gasteiger partial charge < -0.3 is 24.6 Å². The molecular weight excluding hydrogens is 456 g/mol. The van der Waals surface area contributed by atoms with Gasteiger partial charge in [0.15, 0.2) is 0 Å². The van der Waals surface area contributed by atoms with Crippen molar-refractivity contribution in [2.24, 2.45) is 0 Å². The van der Waals surface area contributed by atoms with Gasteiger partial charge in [0.1, 0.15) is 24.2 Å². The molecule has 2 aliphatic heterocycles. The Kier molecular flexibility index (Phi) is 7.09. The number of fused-ring (bicyclic) bond motifs is 1. The third-order valence-corrected chi connectivity index (χ3v) is 6.84. The molecular formula is C29H32N2O5. The smallest absolute Gasteiger partial charge is 0.304 e. The van der Waals surface area contributed by atoms with E-state index >= 15 is 0 Å². The third-order valence-electron chi connectivity index (χ3n) is 6.84. The van der Waals surface area contributed by atoms with Crippen LogP contribution in [-0.2, 0) is 11.4 Å². The van der Waals surface area contributed by atoms with Gasteiger partial charge in [0.05, 0.1) is 18.7 Å². The number of aromatic nitrogens is 1. The maximum atomic E-state index is 11.1. The van der Waals surface area contributed by atoms with Crippen molar-refractivity contribution in [3.8, 4) is 28.6 Å². The molecule has 0 bridgehead atoms. The molecule has 7 nitrogen and oxygen atoms in total. The fourth-order valence-corrected chi connectivity index (χ4v) is 5.08. The van der Waals surface area contributed by atoms with Gasteiger partial charge in [-0.05, 0) is 80.7 Å². The second-order valence-electron chi connectivity index (χ2n) is 9.63. The number of aryl methyl sites for hydroxylation is 2. The number of carbonyl (C=O) groups is 1. The molecule has 0 spiro atoms. The number of carboxylic acids is 1. The Bertz CT molecular complexity index is 1230. The Balaban J connectivity index is 1.27. The molecule has 0 aliphatic carbocycles. The second kappa shape index (κ2) is 10.6. The van der Waals surface area contributed by atoms with Crippen LogP contribution in [0.5, 0.6) is 17.4 Å². The first-order chi connectivity index (χ1) is 17.5. The van der Waals surface area contributed by atoms with Gasteiger partial charge in [0.25, 0.3) is 0 Å². The van der Waals surface area contributed by atoms with Crippen molar-refractivity contribution < 1.29 is 24.1 Å². The zero-order chi connectivity index (χ0) is 25.1. The highest BCUT2D eigenvalue weighted by atomic mass is 16.5. The van der Waals surface area contributed by atoms with E-state index in [1.165, 1.54) is 0 Å². The minimum atomic E-state index is -0.816. The van der Waals surface area contributed by atoms with E-state index in [9.17, 15) is 4.79 Å². The highest BCUT2D eigenvalue weighted by Gasteiger charge is 2.26. The Morgan fingerprint density at radius 2 is 1.89 bits per heavy atom. The molecule has 1 saturated heterocycles. The van der Waals surface area contributed by atoms with Gasteiger partial charge >= 0.3 is 5.97 Å². The summed E-state index contributed by atoms with van der Waals surface area (Å²) in [5.41, 5.74) is 6.09. The number of piperidine rings is 1. The number of aliphatic carboxylic acids is 1. The minimum absolute atomic E-state index is 0.0730. The standard InChI is InChI=1S/C29H32N2O5/c1-18-12-23(36-22-8-10-30-11-9-22)13-19(2)29(18)25-4-3-5-27(31-25)35-16-20-6-7-24-21(15-28(32)33)17-34-26(24)14-20/h3-7,12-14,21-22,30H,8-11,15-17H2,1-2H3,(H,32,33). The number of benzene rings is 2. The second-order valence-corrected chi connectivity index (χ2v) is 9.63. The number of nitrogens with one attached hydrogen (secondary N) is 1. The van der Waals surface area contributed by atoms with Gasteiger partial charge in [-0.15, -0.1) is 0 Å². The molecule has 2 aliphatic rings. The first kappa shape index (κ1) is 24.1. The van der Waals surface area contributed by atoms with Crippen LogP contribution < -0.4 is 19.5 Å². The Labute approximate surface area is 211 Å². The molecule has 0 amide bonds. The summed E-state index contributed by atoms with van der Waals surface area (Å²) >= 11 is 0. The Morgan fingerprint density at radius 1 is 1.11 bits per heavy atom. The van der Waals surface area contributed by atoms with Crippen LogP contribution in [-0.4, -0.2) is 41.9 Å². The molecule has 188 valence electrons. The fourth-order valence-electron chi connectivity index (χ4n) is 5.08. The maximum Gasteiger partial charge on any atom is 0.304 e. The number of carboxylic acid groups (broad SMARTS) is 1. The summed E-state index contributed by atoms with van der Waals surface area (Å²) in [7, 11) is 0. The van der Waals surface area contributed by atoms with Crippen molar-refractivity contribution >= 4 is 5.97 Å². The van der Waals surface area contributed by atoms with Gasteiger partial charge in [-0.3, -0.25) is 4.79 Å². The van der Waals surface area contributed by atoms with Gasteiger partial charge in [0.2, 0.25) is 5.88 Å². The number of rotatable bonds is 8. The van der Waals surface area contributed by atoms with Gasteiger partial charge in [-0.2, -0.15) is 0 Å². The Morgan fingerprint density at radius 3 is 2.64 bits per heavy atom. The minimum Gasteiger partial charge on any atom is -0.493 e. The molecule has 0 saturated carbocycles. The van der Waals surface area contributed by atoms with Gasteiger partial charge in [-0.1, -0.05) is 18.2 Å². The van der Waals surface area contributed by atoms with Crippen LogP contribution >= 0.6 is 0 Å². The van der Waals surface area contributed by atoms with Gasteiger partial charge in [-0.25, -0.2) is 4.98 Å². The molecule has 3 heterocycles. The lowest BCUT2D eigenvalue weighted by atomic mass is 9.97. The van der Waals surface area contributed by atoms with E-state index in [-0.39, 0.29) is 18.4 Å². The first-order valence-corrected chi connectivity index (χ1v) is 12.5.